The smallest absolute Gasteiger partial charge is 0.251 e. The highest BCUT2D eigenvalue weighted by Gasteiger charge is 2.16. The summed E-state index contributed by atoms with van der Waals surface area (Å²) in [5.74, 6) is 0.684. The van der Waals surface area contributed by atoms with Crippen LogP contribution in [-0.2, 0) is 4.79 Å². The van der Waals surface area contributed by atoms with Gasteiger partial charge in [-0.25, -0.2) is 0 Å². The molecule has 0 radical (unpaired) electrons. The third-order valence-corrected chi connectivity index (χ3v) is 5.24. The highest BCUT2D eigenvalue weighted by Crippen LogP contribution is 2.22. The summed E-state index contributed by atoms with van der Waals surface area (Å²) in [6, 6.07) is 15.1. The van der Waals surface area contributed by atoms with Gasteiger partial charge < -0.3 is 10.6 Å². The Labute approximate surface area is 175 Å². The van der Waals surface area contributed by atoms with E-state index in [9.17, 15) is 9.59 Å². The zero-order chi connectivity index (χ0) is 20.8. The summed E-state index contributed by atoms with van der Waals surface area (Å²) in [5.41, 5.74) is 1.24. The zero-order valence-electron chi connectivity index (χ0n) is 16.8. The number of nitrogens with zero attached hydrogens (tertiary/aromatic N) is 3. The van der Waals surface area contributed by atoms with E-state index in [1.807, 2.05) is 24.3 Å². The first-order valence-corrected chi connectivity index (χ1v) is 10.4. The quantitative estimate of drug-likeness (QED) is 0.559. The number of rotatable bonds is 7. The Balaban J connectivity index is 1.32. The average Bonchev–Trinajstić information content (AvgIpc) is 3.18. The molecule has 1 fully saturated rings. The summed E-state index contributed by atoms with van der Waals surface area (Å²) < 4.78 is 1.72. The summed E-state index contributed by atoms with van der Waals surface area (Å²) in [7, 11) is 0. The van der Waals surface area contributed by atoms with Crippen LogP contribution in [0.5, 0.6) is 0 Å². The van der Waals surface area contributed by atoms with Gasteiger partial charge in [-0.3, -0.25) is 14.9 Å². The van der Waals surface area contributed by atoms with E-state index >= 15 is 0 Å². The molecule has 0 bridgehead atoms. The molecule has 1 saturated carbocycles. The number of hydrogen-bond donors (Lipinski definition) is 3. The molecular formula is C22H26N6O2. The molecule has 2 aromatic heterocycles. The Morgan fingerprint density at radius 1 is 1.00 bits per heavy atom. The lowest BCUT2D eigenvalue weighted by molar-refractivity contribution is -0.116. The topological polar surface area (TPSA) is 100 Å². The summed E-state index contributed by atoms with van der Waals surface area (Å²) in [4.78, 5) is 28.7. The third-order valence-electron chi connectivity index (χ3n) is 5.24. The second-order valence-electron chi connectivity index (χ2n) is 7.52. The number of fused-ring (bicyclic) bond motifs is 1. The number of pyridine rings is 1. The normalized spacial score (nSPS) is 14.4. The van der Waals surface area contributed by atoms with Crippen molar-refractivity contribution >= 4 is 29.2 Å². The second-order valence-corrected chi connectivity index (χ2v) is 7.52. The van der Waals surface area contributed by atoms with Crippen LogP contribution in [-0.4, -0.2) is 39.0 Å². The Hall–Kier alpha value is -3.42. The fraction of sp³-hybridized carbons (Fsp3) is 0.364. The van der Waals surface area contributed by atoms with E-state index in [2.05, 4.69) is 26.0 Å². The minimum atomic E-state index is -0.249. The lowest BCUT2D eigenvalue weighted by atomic mass is 9.95. The van der Waals surface area contributed by atoms with E-state index in [4.69, 9.17) is 0 Å². The minimum Gasteiger partial charge on any atom is -0.367 e. The number of hydrogen-bond acceptors (Lipinski definition) is 5. The molecule has 3 N–H and O–H groups in total. The molecule has 0 saturated heterocycles. The Morgan fingerprint density at radius 2 is 1.80 bits per heavy atom. The Kier molecular flexibility index (Phi) is 6.22. The molecule has 30 heavy (non-hydrogen) atoms. The predicted octanol–water partition coefficient (Wildman–Crippen LogP) is 3.23. The molecule has 2 amide bonds. The van der Waals surface area contributed by atoms with Crippen molar-refractivity contribution in [2.24, 2.45) is 0 Å². The van der Waals surface area contributed by atoms with Gasteiger partial charge in [0.1, 0.15) is 5.82 Å². The number of carbonyl (C=O) groups is 2. The van der Waals surface area contributed by atoms with Crippen LogP contribution in [0.2, 0.25) is 0 Å². The predicted molar refractivity (Wildman–Crippen MR) is 116 cm³/mol. The molecule has 156 valence electrons. The lowest BCUT2D eigenvalue weighted by Crippen LogP contribution is -2.27. The summed E-state index contributed by atoms with van der Waals surface area (Å²) in [6.07, 6.45) is 6.24. The first kappa shape index (κ1) is 19.9. The van der Waals surface area contributed by atoms with E-state index in [1.54, 1.807) is 28.8 Å². The maximum absolute atomic E-state index is 12.2. The number of amides is 2. The van der Waals surface area contributed by atoms with Crippen molar-refractivity contribution in [2.45, 2.75) is 44.6 Å². The number of benzene rings is 1. The van der Waals surface area contributed by atoms with Crippen molar-refractivity contribution in [3.05, 3.63) is 54.1 Å². The third kappa shape index (κ3) is 4.94. The van der Waals surface area contributed by atoms with Crippen molar-refractivity contribution in [2.75, 3.05) is 17.2 Å². The Morgan fingerprint density at radius 3 is 2.60 bits per heavy atom. The van der Waals surface area contributed by atoms with E-state index in [1.165, 1.54) is 19.3 Å². The van der Waals surface area contributed by atoms with Gasteiger partial charge in [0, 0.05) is 24.6 Å². The SMILES string of the molecule is O=C(CCNC(=O)c1ccccc1)Nc1nc2cccc(NC3CCCCC3)n2n1. The molecule has 2 heterocycles. The van der Waals surface area contributed by atoms with Gasteiger partial charge in [-0.05, 0) is 37.1 Å². The van der Waals surface area contributed by atoms with Gasteiger partial charge >= 0.3 is 0 Å². The van der Waals surface area contributed by atoms with Crippen LogP contribution in [0.1, 0.15) is 48.9 Å². The van der Waals surface area contributed by atoms with Gasteiger partial charge in [0.25, 0.3) is 5.91 Å². The van der Waals surface area contributed by atoms with Gasteiger partial charge in [-0.1, -0.05) is 43.5 Å². The first-order valence-electron chi connectivity index (χ1n) is 10.4. The van der Waals surface area contributed by atoms with Crippen LogP contribution in [0, 0.1) is 0 Å². The van der Waals surface area contributed by atoms with Crippen LogP contribution < -0.4 is 16.0 Å². The number of nitrogens with one attached hydrogen (secondary N) is 3. The lowest BCUT2D eigenvalue weighted by Gasteiger charge is -2.23. The van der Waals surface area contributed by atoms with Gasteiger partial charge in [-0.2, -0.15) is 9.50 Å². The fourth-order valence-electron chi connectivity index (χ4n) is 3.69. The van der Waals surface area contributed by atoms with Gasteiger partial charge in [0.05, 0.1) is 0 Å². The molecule has 0 aliphatic heterocycles. The number of aromatic nitrogens is 3. The fourth-order valence-corrected chi connectivity index (χ4v) is 3.69. The van der Waals surface area contributed by atoms with E-state index in [-0.39, 0.29) is 30.7 Å². The van der Waals surface area contributed by atoms with Crippen LogP contribution in [0.3, 0.4) is 0 Å². The molecule has 1 aliphatic rings. The van der Waals surface area contributed by atoms with Gasteiger partial charge in [0.15, 0.2) is 5.65 Å². The van der Waals surface area contributed by atoms with Crippen molar-refractivity contribution in [3.8, 4) is 0 Å². The molecule has 0 atom stereocenters. The van der Waals surface area contributed by atoms with Crippen LogP contribution >= 0.6 is 0 Å². The number of carbonyl (C=O) groups excluding carboxylic acids is 2. The molecule has 1 aliphatic carbocycles. The van der Waals surface area contributed by atoms with E-state index in [0.29, 0.717) is 17.3 Å². The maximum atomic E-state index is 12.2. The number of anilines is 2. The monoisotopic (exact) mass is 406 g/mol. The first-order chi connectivity index (χ1) is 14.7. The van der Waals surface area contributed by atoms with E-state index in [0.717, 1.165) is 18.7 Å². The minimum absolute atomic E-state index is 0.140. The molecule has 8 nitrogen and oxygen atoms in total. The maximum Gasteiger partial charge on any atom is 0.251 e. The second kappa shape index (κ2) is 9.39. The highest BCUT2D eigenvalue weighted by molar-refractivity contribution is 5.95. The van der Waals surface area contributed by atoms with Crippen LogP contribution in [0.4, 0.5) is 11.8 Å². The summed E-state index contributed by atoms with van der Waals surface area (Å²) in [5, 5.41) is 13.4. The molecule has 8 heteroatoms. The summed E-state index contributed by atoms with van der Waals surface area (Å²) in [6.45, 7) is 0.238. The van der Waals surface area contributed by atoms with Crippen molar-refractivity contribution in [1.29, 1.82) is 0 Å². The van der Waals surface area contributed by atoms with Crippen LogP contribution in [0.25, 0.3) is 5.65 Å². The van der Waals surface area contributed by atoms with Crippen molar-refractivity contribution in [1.82, 2.24) is 19.9 Å². The van der Waals surface area contributed by atoms with E-state index < -0.39 is 0 Å². The molecule has 3 aromatic rings. The summed E-state index contributed by atoms with van der Waals surface area (Å²) >= 11 is 0. The van der Waals surface area contributed by atoms with Crippen molar-refractivity contribution in [3.63, 3.8) is 0 Å². The molecular weight excluding hydrogens is 380 g/mol. The largest absolute Gasteiger partial charge is 0.367 e. The standard InChI is InChI=1S/C22H26N6O2/c29-20(14-15-23-21(30)16-8-3-1-4-9-16)26-22-25-19-13-7-12-18(28(19)27-22)24-17-10-5-2-6-11-17/h1,3-4,7-9,12-13,17,24H,2,5-6,10-11,14-15H2,(H,23,30)(H,26,27,29). The zero-order valence-corrected chi connectivity index (χ0v) is 16.8. The molecule has 1 aromatic carbocycles. The van der Waals surface area contributed by atoms with Gasteiger partial charge in [-0.15, -0.1) is 5.10 Å². The Bertz CT molecular complexity index is 1010. The average molecular weight is 406 g/mol. The molecule has 4 rings (SSSR count). The van der Waals surface area contributed by atoms with Crippen LogP contribution in [0.15, 0.2) is 48.5 Å². The van der Waals surface area contributed by atoms with Gasteiger partial charge in [0.2, 0.25) is 11.9 Å². The van der Waals surface area contributed by atoms with Crippen molar-refractivity contribution < 1.29 is 9.59 Å². The molecule has 0 spiro atoms. The molecule has 0 unspecified atom stereocenters. The highest BCUT2D eigenvalue weighted by atomic mass is 16.2.